The molecule has 114 valence electrons. The van der Waals surface area contributed by atoms with Gasteiger partial charge in [0.05, 0.1) is 13.2 Å². The van der Waals surface area contributed by atoms with Crippen molar-refractivity contribution in [2.24, 2.45) is 0 Å². The fraction of sp³-hybridized carbons (Fsp3) is 0.933. The first-order valence-corrected chi connectivity index (χ1v) is 7.95. The van der Waals surface area contributed by atoms with Crippen molar-refractivity contribution < 1.29 is 14.6 Å². The molecule has 1 saturated heterocycles. The summed E-state index contributed by atoms with van der Waals surface area (Å²) in [5.74, 6) is -0.657. The second-order valence-electron chi connectivity index (χ2n) is 6.72. The first kappa shape index (κ1) is 14.3. The molecule has 3 fully saturated rings. The number of carboxylic acids is 1. The van der Waals surface area contributed by atoms with E-state index in [0.717, 1.165) is 58.3 Å². The Kier molecular flexibility index (Phi) is 4.02. The highest BCUT2D eigenvalue weighted by molar-refractivity contribution is 5.79. The van der Waals surface area contributed by atoms with E-state index in [1.54, 1.807) is 0 Å². The van der Waals surface area contributed by atoms with E-state index in [-0.39, 0.29) is 0 Å². The van der Waals surface area contributed by atoms with Crippen molar-refractivity contribution in [2.45, 2.75) is 69.1 Å². The summed E-state index contributed by atoms with van der Waals surface area (Å²) < 4.78 is 5.50. The fourth-order valence-corrected chi connectivity index (χ4v) is 3.82. The smallest absolute Gasteiger partial charge is 0.323 e. The first-order valence-electron chi connectivity index (χ1n) is 7.95. The maximum absolute atomic E-state index is 11.8. The van der Waals surface area contributed by atoms with Crippen LogP contribution >= 0.6 is 0 Å². The molecule has 0 aromatic rings. The molecule has 2 saturated carbocycles. The molecule has 0 radical (unpaired) electrons. The average molecular weight is 282 g/mol. The molecule has 3 unspecified atom stereocenters. The number of carboxylic acid groups (broad SMARTS) is 1. The van der Waals surface area contributed by atoms with Gasteiger partial charge in [-0.05, 0) is 45.4 Å². The van der Waals surface area contributed by atoms with Crippen molar-refractivity contribution in [1.29, 1.82) is 0 Å². The summed E-state index contributed by atoms with van der Waals surface area (Å²) in [6.45, 7) is 4.67. The van der Waals surface area contributed by atoms with E-state index in [9.17, 15) is 9.90 Å². The highest BCUT2D eigenvalue weighted by Gasteiger charge is 2.47. The van der Waals surface area contributed by atoms with Crippen LogP contribution in [0.2, 0.25) is 0 Å². The SMILES string of the molecule is CC1COCCN1C1CCCC(NC2CC2)(C(=O)O)C1. The van der Waals surface area contributed by atoms with E-state index in [0.29, 0.717) is 18.1 Å². The Morgan fingerprint density at radius 2 is 2.20 bits per heavy atom. The van der Waals surface area contributed by atoms with Crippen LogP contribution in [0, 0.1) is 0 Å². The summed E-state index contributed by atoms with van der Waals surface area (Å²) in [6.07, 6.45) is 5.89. The Morgan fingerprint density at radius 1 is 1.40 bits per heavy atom. The van der Waals surface area contributed by atoms with Crippen LogP contribution in [0.3, 0.4) is 0 Å². The maximum Gasteiger partial charge on any atom is 0.323 e. The van der Waals surface area contributed by atoms with Crippen LogP contribution in [0.1, 0.15) is 45.4 Å². The van der Waals surface area contributed by atoms with Crippen molar-refractivity contribution in [3.05, 3.63) is 0 Å². The number of carbonyl (C=O) groups is 1. The van der Waals surface area contributed by atoms with Crippen LogP contribution in [0.25, 0.3) is 0 Å². The summed E-state index contributed by atoms with van der Waals surface area (Å²) in [6, 6.07) is 1.22. The second kappa shape index (κ2) is 5.62. The van der Waals surface area contributed by atoms with Gasteiger partial charge in [0.2, 0.25) is 0 Å². The first-order chi connectivity index (χ1) is 9.61. The highest BCUT2D eigenvalue weighted by atomic mass is 16.5. The third-order valence-electron chi connectivity index (χ3n) is 5.08. The minimum absolute atomic E-state index is 0.380. The van der Waals surface area contributed by atoms with Gasteiger partial charge in [-0.25, -0.2) is 0 Å². The molecular weight excluding hydrogens is 256 g/mol. The van der Waals surface area contributed by atoms with E-state index in [2.05, 4.69) is 17.1 Å². The average Bonchev–Trinajstić information content (AvgIpc) is 3.23. The minimum Gasteiger partial charge on any atom is -0.480 e. The van der Waals surface area contributed by atoms with Gasteiger partial charge in [0, 0.05) is 24.7 Å². The van der Waals surface area contributed by atoms with E-state index in [1.807, 2.05) is 0 Å². The van der Waals surface area contributed by atoms with Crippen LogP contribution < -0.4 is 5.32 Å². The Balaban J connectivity index is 1.71. The lowest BCUT2D eigenvalue weighted by Gasteiger charge is -2.46. The minimum atomic E-state index is -0.692. The molecule has 3 rings (SSSR count). The number of hydrogen-bond donors (Lipinski definition) is 2. The molecule has 0 amide bonds. The predicted octanol–water partition coefficient (Wildman–Crippen LogP) is 1.23. The summed E-state index contributed by atoms with van der Waals surface area (Å²) in [5, 5.41) is 13.2. The van der Waals surface area contributed by atoms with E-state index < -0.39 is 11.5 Å². The number of nitrogens with one attached hydrogen (secondary N) is 1. The summed E-state index contributed by atoms with van der Waals surface area (Å²) in [4.78, 5) is 14.3. The number of ether oxygens (including phenoxy) is 1. The molecule has 20 heavy (non-hydrogen) atoms. The lowest BCUT2D eigenvalue weighted by atomic mass is 9.77. The molecule has 3 atom stereocenters. The monoisotopic (exact) mass is 282 g/mol. The largest absolute Gasteiger partial charge is 0.480 e. The molecule has 5 nitrogen and oxygen atoms in total. The highest BCUT2D eigenvalue weighted by Crippen LogP contribution is 2.36. The third kappa shape index (κ3) is 2.85. The number of hydrogen-bond acceptors (Lipinski definition) is 4. The molecule has 2 N–H and O–H groups in total. The normalized spacial score (nSPS) is 39.6. The van der Waals surface area contributed by atoms with Gasteiger partial charge in [-0.1, -0.05) is 0 Å². The van der Waals surface area contributed by atoms with Gasteiger partial charge in [-0.15, -0.1) is 0 Å². The number of morpholine rings is 1. The van der Waals surface area contributed by atoms with Gasteiger partial charge in [0.1, 0.15) is 5.54 Å². The quantitative estimate of drug-likeness (QED) is 0.812. The molecule has 0 spiro atoms. The molecule has 0 aromatic heterocycles. The number of nitrogens with zero attached hydrogens (tertiary/aromatic N) is 1. The topological polar surface area (TPSA) is 61.8 Å². The fourth-order valence-electron chi connectivity index (χ4n) is 3.82. The third-order valence-corrected chi connectivity index (χ3v) is 5.08. The molecule has 5 heteroatoms. The van der Waals surface area contributed by atoms with Crippen molar-refractivity contribution in [3.8, 4) is 0 Å². The van der Waals surface area contributed by atoms with Gasteiger partial charge in [0.25, 0.3) is 0 Å². The van der Waals surface area contributed by atoms with Crippen LogP contribution in [-0.2, 0) is 9.53 Å². The Morgan fingerprint density at radius 3 is 2.85 bits per heavy atom. The van der Waals surface area contributed by atoms with Crippen molar-refractivity contribution in [3.63, 3.8) is 0 Å². The molecular formula is C15H26N2O3. The number of rotatable bonds is 4. The molecule has 0 bridgehead atoms. The van der Waals surface area contributed by atoms with Gasteiger partial charge >= 0.3 is 5.97 Å². The maximum atomic E-state index is 11.8. The van der Waals surface area contributed by atoms with Crippen LogP contribution in [0.4, 0.5) is 0 Å². The van der Waals surface area contributed by atoms with Gasteiger partial charge in [-0.3, -0.25) is 15.0 Å². The zero-order chi connectivity index (χ0) is 14.2. The second-order valence-corrected chi connectivity index (χ2v) is 6.72. The molecule has 1 aliphatic heterocycles. The van der Waals surface area contributed by atoms with E-state index in [1.165, 1.54) is 0 Å². The number of aliphatic carboxylic acids is 1. The standard InChI is InChI=1S/C15H26N2O3/c1-11-10-20-8-7-17(11)13-3-2-6-15(9-13,14(18)19)16-12-4-5-12/h11-13,16H,2-10H2,1H3,(H,18,19). The Labute approximate surface area is 120 Å². The molecule has 0 aromatic carbocycles. The lowest BCUT2D eigenvalue weighted by Crippen LogP contribution is -2.61. The van der Waals surface area contributed by atoms with Crippen LogP contribution in [0.5, 0.6) is 0 Å². The van der Waals surface area contributed by atoms with E-state index in [4.69, 9.17) is 4.74 Å². The van der Waals surface area contributed by atoms with Gasteiger partial charge in [-0.2, -0.15) is 0 Å². The molecule has 2 aliphatic carbocycles. The van der Waals surface area contributed by atoms with Crippen molar-refractivity contribution in [1.82, 2.24) is 10.2 Å². The van der Waals surface area contributed by atoms with Crippen molar-refractivity contribution >= 4 is 5.97 Å². The zero-order valence-corrected chi connectivity index (χ0v) is 12.3. The van der Waals surface area contributed by atoms with Crippen molar-refractivity contribution in [2.75, 3.05) is 19.8 Å². The summed E-state index contributed by atoms with van der Waals surface area (Å²) in [7, 11) is 0. The van der Waals surface area contributed by atoms with Gasteiger partial charge < -0.3 is 9.84 Å². The lowest BCUT2D eigenvalue weighted by molar-refractivity contribution is -0.148. The molecule has 3 aliphatic rings. The molecule has 1 heterocycles. The van der Waals surface area contributed by atoms with Gasteiger partial charge in [0.15, 0.2) is 0 Å². The van der Waals surface area contributed by atoms with Crippen LogP contribution in [0.15, 0.2) is 0 Å². The predicted molar refractivity (Wildman–Crippen MR) is 75.8 cm³/mol. The Hall–Kier alpha value is -0.650. The van der Waals surface area contributed by atoms with Crippen LogP contribution in [-0.4, -0.2) is 59.4 Å². The summed E-state index contributed by atoms with van der Waals surface area (Å²) in [5.41, 5.74) is -0.692. The van der Waals surface area contributed by atoms with E-state index >= 15 is 0 Å². The zero-order valence-electron chi connectivity index (χ0n) is 12.3. The summed E-state index contributed by atoms with van der Waals surface area (Å²) >= 11 is 0. The Bertz CT molecular complexity index is 372.